The number of carbonyl (C=O) groups is 1. The van der Waals surface area contributed by atoms with Crippen LogP contribution in [0.5, 0.6) is 0 Å². The van der Waals surface area contributed by atoms with Crippen molar-refractivity contribution in [2.75, 3.05) is 0 Å². The second-order valence-electron chi connectivity index (χ2n) is 5.72. The Morgan fingerprint density at radius 1 is 1.39 bits per heavy atom. The van der Waals surface area contributed by atoms with E-state index in [1.54, 1.807) is 28.5 Å². The van der Waals surface area contributed by atoms with Crippen LogP contribution in [0.1, 0.15) is 47.4 Å². The Kier molecular flexibility index (Phi) is 4.57. The molecule has 5 heteroatoms. The third kappa shape index (κ3) is 3.20. The lowest BCUT2D eigenvalue weighted by molar-refractivity contribution is -0.132. The number of halogens is 1. The predicted molar refractivity (Wildman–Crippen MR) is 91.3 cm³/mol. The molecule has 23 heavy (non-hydrogen) atoms. The van der Waals surface area contributed by atoms with Gasteiger partial charge in [0.15, 0.2) is 0 Å². The Bertz CT molecular complexity index is 736. The monoisotopic (exact) mass is 330 g/mol. The van der Waals surface area contributed by atoms with Gasteiger partial charge in [-0.05, 0) is 35.1 Å². The molecular formula is C18H19FN2OS. The number of nitrogens with zero attached hydrogens (tertiary/aromatic N) is 2. The number of rotatable bonds is 4. The van der Waals surface area contributed by atoms with Gasteiger partial charge < -0.3 is 0 Å². The molecule has 1 aliphatic heterocycles. The molecule has 0 saturated carbocycles. The average molecular weight is 330 g/mol. The van der Waals surface area contributed by atoms with Crippen molar-refractivity contribution in [3.05, 3.63) is 57.3 Å². The van der Waals surface area contributed by atoms with E-state index in [1.807, 2.05) is 19.1 Å². The number of carbonyl (C=O) groups excluding carboxylic acids is 1. The van der Waals surface area contributed by atoms with Crippen LogP contribution < -0.4 is 0 Å². The molecule has 2 heterocycles. The van der Waals surface area contributed by atoms with Crippen molar-refractivity contribution in [2.45, 2.75) is 39.4 Å². The Balaban J connectivity index is 1.91. The Morgan fingerprint density at radius 3 is 2.70 bits per heavy atom. The fourth-order valence-electron chi connectivity index (χ4n) is 2.72. The van der Waals surface area contributed by atoms with E-state index in [0.29, 0.717) is 18.4 Å². The minimum Gasteiger partial charge on any atom is -0.273 e. The molecule has 2 aromatic rings. The fourth-order valence-corrected chi connectivity index (χ4v) is 3.62. The molecule has 0 spiro atoms. The molecule has 1 aromatic carbocycles. The number of benzene rings is 1. The molecule has 0 radical (unpaired) electrons. The van der Waals surface area contributed by atoms with Crippen molar-refractivity contribution in [1.29, 1.82) is 0 Å². The maximum atomic E-state index is 12.7. The van der Waals surface area contributed by atoms with E-state index in [0.717, 1.165) is 16.2 Å². The number of thiophene rings is 1. The van der Waals surface area contributed by atoms with Gasteiger partial charge in [-0.15, -0.1) is 11.3 Å². The van der Waals surface area contributed by atoms with Crippen LogP contribution in [0.2, 0.25) is 0 Å². The van der Waals surface area contributed by atoms with Gasteiger partial charge in [-0.3, -0.25) is 4.79 Å². The van der Waals surface area contributed by atoms with Gasteiger partial charge in [-0.2, -0.15) is 5.10 Å². The Hall–Kier alpha value is -2.01. The van der Waals surface area contributed by atoms with E-state index >= 15 is 0 Å². The van der Waals surface area contributed by atoms with Crippen molar-refractivity contribution in [2.24, 2.45) is 5.10 Å². The van der Waals surface area contributed by atoms with E-state index in [1.165, 1.54) is 5.56 Å². The summed E-state index contributed by atoms with van der Waals surface area (Å²) in [6.07, 6.45) is 1.11. The molecule has 1 amide bonds. The van der Waals surface area contributed by atoms with Gasteiger partial charge in [0.2, 0.25) is 5.91 Å². The molecule has 1 unspecified atom stereocenters. The van der Waals surface area contributed by atoms with E-state index in [-0.39, 0.29) is 11.9 Å². The number of amides is 1. The van der Waals surface area contributed by atoms with Gasteiger partial charge in [0.05, 0.1) is 16.6 Å². The summed E-state index contributed by atoms with van der Waals surface area (Å²) in [5.74, 6) is 0.00726. The summed E-state index contributed by atoms with van der Waals surface area (Å²) in [7, 11) is 0. The lowest BCUT2D eigenvalue weighted by Gasteiger charge is -2.21. The molecule has 0 bridgehead atoms. The van der Waals surface area contributed by atoms with E-state index in [9.17, 15) is 9.18 Å². The molecule has 0 aliphatic carbocycles. The van der Waals surface area contributed by atoms with Crippen molar-refractivity contribution in [3.63, 3.8) is 0 Å². The number of alkyl halides is 1. The van der Waals surface area contributed by atoms with E-state index in [4.69, 9.17) is 0 Å². The molecule has 1 aromatic heterocycles. The van der Waals surface area contributed by atoms with Crippen molar-refractivity contribution in [3.8, 4) is 0 Å². The molecule has 120 valence electrons. The molecule has 0 fully saturated rings. The smallest absolute Gasteiger partial charge is 0.242 e. The van der Waals surface area contributed by atoms with Crippen LogP contribution in [-0.4, -0.2) is 16.6 Å². The van der Waals surface area contributed by atoms with Gasteiger partial charge in [0.1, 0.15) is 6.67 Å². The summed E-state index contributed by atoms with van der Waals surface area (Å²) >= 11 is 1.65. The highest BCUT2D eigenvalue weighted by Gasteiger charge is 2.32. The summed E-state index contributed by atoms with van der Waals surface area (Å²) in [4.78, 5) is 13.4. The van der Waals surface area contributed by atoms with Gasteiger partial charge in [-0.25, -0.2) is 9.40 Å². The Labute approximate surface area is 139 Å². The van der Waals surface area contributed by atoms with Crippen LogP contribution in [0.4, 0.5) is 4.39 Å². The summed E-state index contributed by atoms with van der Waals surface area (Å²) in [5.41, 5.74) is 3.80. The zero-order valence-corrected chi connectivity index (χ0v) is 14.1. The minimum absolute atomic E-state index is 0.00726. The van der Waals surface area contributed by atoms with Crippen molar-refractivity contribution >= 4 is 23.0 Å². The van der Waals surface area contributed by atoms with Crippen LogP contribution in [0.15, 0.2) is 40.8 Å². The predicted octanol–water partition coefficient (Wildman–Crippen LogP) is 4.61. The van der Waals surface area contributed by atoms with Crippen LogP contribution in [-0.2, 0) is 11.5 Å². The SMILES string of the molecule is CCC(=O)N1N=C(c2cc(C)cs2)CC1c1ccc(CF)cc1. The van der Waals surface area contributed by atoms with Gasteiger partial charge >= 0.3 is 0 Å². The summed E-state index contributed by atoms with van der Waals surface area (Å²) in [6.45, 7) is 3.42. The molecular weight excluding hydrogens is 311 g/mol. The topological polar surface area (TPSA) is 32.7 Å². The molecule has 0 N–H and O–H groups in total. The van der Waals surface area contributed by atoms with Gasteiger partial charge in [0.25, 0.3) is 0 Å². The molecule has 0 saturated heterocycles. The van der Waals surface area contributed by atoms with Gasteiger partial charge in [0, 0.05) is 12.8 Å². The molecule has 3 rings (SSSR count). The normalized spacial score (nSPS) is 17.4. The lowest BCUT2D eigenvalue weighted by atomic mass is 10.00. The second kappa shape index (κ2) is 6.62. The highest BCUT2D eigenvalue weighted by molar-refractivity contribution is 7.12. The van der Waals surface area contributed by atoms with Crippen LogP contribution in [0, 0.1) is 6.92 Å². The van der Waals surface area contributed by atoms with E-state index in [2.05, 4.69) is 23.5 Å². The van der Waals surface area contributed by atoms with Crippen molar-refractivity contribution < 1.29 is 9.18 Å². The summed E-state index contributed by atoms with van der Waals surface area (Å²) in [5, 5.41) is 8.26. The maximum Gasteiger partial charge on any atom is 0.242 e. The first kappa shape index (κ1) is 15.9. The van der Waals surface area contributed by atoms with Crippen molar-refractivity contribution in [1.82, 2.24) is 5.01 Å². The highest BCUT2D eigenvalue weighted by Crippen LogP contribution is 2.34. The number of hydrogen-bond donors (Lipinski definition) is 0. The minimum atomic E-state index is -0.473. The quantitative estimate of drug-likeness (QED) is 0.805. The third-order valence-electron chi connectivity index (χ3n) is 4.00. The third-order valence-corrected chi connectivity index (χ3v) is 5.10. The standard InChI is InChI=1S/C18H19FN2OS/c1-3-18(22)21-16(14-6-4-13(10-19)5-7-14)9-15(20-21)17-8-12(2)11-23-17/h4-8,11,16H,3,9-10H2,1-2H3. The first-order chi connectivity index (χ1) is 11.1. The average Bonchev–Trinajstić information content (AvgIpc) is 3.20. The summed E-state index contributed by atoms with van der Waals surface area (Å²) < 4.78 is 12.7. The van der Waals surface area contributed by atoms with Gasteiger partial charge in [-0.1, -0.05) is 31.2 Å². The molecule has 1 aliphatic rings. The molecule has 3 nitrogen and oxygen atoms in total. The van der Waals surface area contributed by atoms with Crippen LogP contribution >= 0.6 is 11.3 Å². The maximum absolute atomic E-state index is 12.7. The fraction of sp³-hybridized carbons (Fsp3) is 0.333. The second-order valence-corrected chi connectivity index (χ2v) is 6.63. The summed E-state index contributed by atoms with van der Waals surface area (Å²) in [6, 6.07) is 9.34. The first-order valence-corrected chi connectivity index (χ1v) is 8.60. The van der Waals surface area contributed by atoms with E-state index < -0.39 is 6.67 Å². The first-order valence-electron chi connectivity index (χ1n) is 7.72. The zero-order chi connectivity index (χ0) is 16.4. The molecule has 1 atom stereocenters. The number of aryl methyl sites for hydroxylation is 1. The number of hydrogen-bond acceptors (Lipinski definition) is 3. The van der Waals surface area contributed by atoms with Crippen LogP contribution in [0.25, 0.3) is 0 Å². The highest BCUT2D eigenvalue weighted by atomic mass is 32.1. The number of hydrazone groups is 1. The Morgan fingerprint density at radius 2 is 2.13 bits per heavy atom. The van der Waals surface area contributed by atoms with Crippen LogP contribution in [0.3, 0.4) is 0 Å². The lowest BCUT2D eigenvalue weighted by Crippen LogP contribution is -2.26. The zero-order valence-electron chi connectivity index (χ0n) is 13.3. The largest absolute Gasteiger partial charge is 0.273 e.